The molecule has 1 saturated heterocycles. The molecule has 0 aromatic carbocycles. The molecule has 208 valence electrons. The molecule has 1 N–H and O–H groups in total. The van der Waals surface area contributed by atoms with Gasteiger partial charge in [-0.3, -0.25) is 9.48 Å². The van der Waals surface area contributed by atoms with Crippen LogP contribution in [0, 0.1) is 16.7 Å². The van der Waals surface area contributed by atoms with Crippen molar-refractivity contribution in [3.05, 3.63) is 54.7 Å². The molecule has 0 aliphatic carbocycles. The van der Waals surface area contributed by atoms with E-state index in [0.29, 0.717) is 49.2 Å². The largest absolute Gasteiger partial charge is 0.408 e. The van der Waals surface area contributed by atoms with Crippen LogP contribution in [0.4, 0.5) is 19.0 Å². The van der Waals surface area contributed by atoms with E-state index in [1.165, 1.54) is 6.20 Å². The number of rotatable bonds is 6. The summed E-state index contributed by atoms with van der Waals surface area (Å²) in [7, 11) is 1.84. The fourth-order valence-electron chi connectivity index (χ4n) is 5.22. The molecule has 1 aliphatic heterocycles. The van der Waals surface area contributed by atoms with E-state index in [2.05, 4.69) is 26.6 Å². The molecule has 0 saturated carbocycles. The molecule has 0 spiro atoms. The van der Waals surface area contributed by atoms with Gasteiger partial charge in [-0.2, -0.15) is 28.6 Å². The molecule has 40 heavy (non-hydrogen) atoms. The average Bonchev–Trinajstić information content (AvgIpc) is 3.58. The second-order valence-corrected chi connectivity index (χ2v) is 10.3. The number of fused-ring (bicyclic) bond motifs is 1. The zero-order chi connectivity index (χ0) is 28.7. The highest BCUT2D eigenvalue weighted by molar-refractivity contribution is 5.87. The van der Waals surface area contributed by atoms with Crippen LogP contribution in [0.3, 0.4) is 0 Å². The minimum absolute atomic E-state index is 0.429. The number of carbonyl (C=O) groups excluding carboxylic acids is 1. The number of nitriles is 1. The van der Waals surface area contributed by atoms with Gasteiger partial charge in [-0.05, 0) is 44.4 Å². The Morgan fingerprint density at radius 3 is 2.45 bits per heavy atom. The molecule has 1 unspecified atom stereocenters. The molecule has 0 bridgehead atoms. The lowest BCUT2D eigenvalue weighted by Gasteiger charge is -2.41. The maximum absolute atomic E-state index is 13.0. The van der Waals surface area contributed by atoms with Crippen molar-refractivity contribution in [3.63, 3.8) is 0 Å². The standard InChI is InChI=1S/C28H29F3N8O/c1-4-27(26(40)36-18(2)28(29,30)31)7-9-38(10-8-27)24-6-5-19(13-33-24)23-11-20(22-15-34-37(3)16-22)17-39-25(23)21(12-32)14-35-39/h5-6,11,13-18H,4,7-10H2,1-3H3,(H,36,40). The minimum Gasteiger partial charge on any atom is -0.357 e. The first kappa shape index (κ1) is 27.2. The van der Waals surface area contributed by atoms with Crippen LogP contribution in [0.15, 0.2) is 49.2 Å². The summed E-state index contributed by atoms with van der Waals surface area (Å²) in [5.74, 6) is 0.167. The van der Waals surface area contributed by atoms with Crippen molar-refractivity contribution in [3.8, 4) is 28.3 Å². The van der Waals surface area contributed by atoms with Gasteiger partial charge in [-0.15, -0.1) is 0 Å². The van der Waals surface area contributed by atoms with Gasteiger partial charge in [0.1, 0.15) is 17.9 Å². The van der Waals surface area contributed by atoms with Crippen molar-refractivity contribution in [2.75, 3.05) is 18.0 Å². The van der Waals surface area contributed by atoms with E-state index in [1.807, 2.05) is 49.5 Å². The maximum atomic E-state index is 13.0. The van der Waals surface area contributed by atoms with Crippen molar-refractivity contribution in [1.82, 2.24) is 29.7 Å². The van der Waals surface area contributed by atoms with E-state index in [-0.39, 0.29) is 0 Å². The van der Waals surface area contributed by atoms with Crippen LogP contribution in [0.2, 0.25) is 0 Å². The monoisotopic (exact) mass is 550 g/mol. The number of nitrogens with zero attached hydrogens (tertiary/aromatic N) is 7. The van der Waals surface area contributed by atoms with Gasteiger partial charge in [0.25, 0.3) is 0 Å². The van der Waals surface area contributed by atoms with Crippen LogP contribution >= 0.6 is 0 Å². The topological polar surface area (TPSA) is 104 Å². The summed E-state index contributed by atoms with van der Waals surface area (Å²) < 4.78 is 42.4. The summed E-state index contributed by atoms with van der Waals surface area (Å²) in [6.45, 7) is 3.80. The predicted octanol–water partition coefficient (Wildman–Crippen LogP) is 4.73. The molecule has 4 aromatic heterocycles. The van der Waals surface area contributed by atoms with Crippen LogP contribution < -0.4 is 10.2 Å². The maximum Gasteiger partial charge on any atom is 0.408 e. The lowest BCUT2D eigenvalue weighted by Crippen LogP contribution is -2.53. The Morgan fingerprint density at radius 2 is 1.88 bits per heavy atom. The molecule has 1 aliphatic rings. The van der Waals surface area contributed by atoms with Crippen LogP contribution in [-0.2, 0) is 11.8 Å². The van der Waals surface area contributed by atoms with E-state index in [1.54, 1.807) is 21.6 Å². The van der Waals surface area contributed by atoms with Gasteiger partial charge in [0.15, 0.2) is 0 Å². The van der Waals surface area contributed by atoms with Crippen LogP contribution in [0.1, 0.15) is 38.7 Å². The van der Waals surface area contributed by atoms with Gasteiger partial charge in [0.2, 0.25) is 5.91 Å². The summed E-state index contributed by atoms with van der Waals surface area (Å²) in [5, 5.41) is 20.5. The number of piperidine rings is 1. The molecular formula is C28H29F3N8O. The Morgan fingerprint density at radius 1 is 1.12 bits per heavy atom. The van der Waals surface area contributed by atoms with Crippen molar-refractivity contribution in [1.29, 1.82) is 5.26 Å². The molecule has 5 heterocycles. The third-order valence-electron chi connectivity index (χ3n) is 7.87. The van der Waals surface area contributed by atoms with Crippen molar-refractivity contribution < 1.29 is 18.0 Å². The highest BCUT2D eigenvalue weighted by Gasteiger charge is 2.44. The number of hydrogen-bond acceptors (Lipinski definition) is 6. The first-order valence-electron chi connectivity index (χ1n) is 13.0. The molecule has 1 amide bonds. The number of nitrogens with one attached hydrogen (secondary N) is 1. The third-order valence-corrected chi connectivity index (χ3v) is 7.87. The van der Waals surface area contributed by atoms with Crippen molar-refractivity contribution in [2.24, 2.45) is 12.5 Å². The number of carbonyl (C=O) groups is 1. The molecule has 1 atom stereocenters. The van der Waals surface area contributed by atoms with Gasteiger partial charge in [-0.25, -0.2) is 9.50 Å². The zero-order valence-electron chi connectivity index (χ0n) is 22.4. The van der Waals surface area contributed by atoms with Gasteiger partial charge in [0, 0.05) is 61.0 Å². The van der Waals surface area contributed by atoms with Crippen LogP contribution in [0.25, 0.3) is 27.8 Å². The number of aryl methyl sites for hydroxylation is 1. The molecule has 4 aromatic rings. The van der Waals surface area contributed by atoms with Crippen LogP contribution in [0.5, 0.6) is 0 Å². The fourth-order valence-corrected chi connectivity index (χ4v) is 5.22. The molecule has 5 rings (SSSR count). The van der Waals surface area contributed by atoms with E-state index in [9.17, 15) is 23.2 Å². The molecular weight excluding hydrogens is 521 g/mol. The van der Waals surface area contributed by atoms with Gasteiger partial charge >= 0.3 is 6.18 Å². The summed E-state index contributed by atoms with van der Waals surface area (Å²) in [6, 6.07) is 6.11. The van der Waals surface area contributed by atoms with E-state index < -0.39 is 23.5 Å². The SMILES string of the molecule is CCC1(C(=O)NC(C)C(F)(F)F)CCN(c2ccc(-c3cc(-c4cnn(C)c4)cn4ncc(C#N)c34)cn2)CC1. The second kappa shape index (κ2) is 10.3. The van der Waals surface area contributed by atoms with Gasteiger partial charge in [0.05, 0.1) is 28.9 Å². The second-order valence-electron chi connectivity index (χ2n) is 10.3. The third kappa shape index (κ3) is 4.99. The van der Waals surface area contributed by atoms with Crippen molar-refractivity contribution >= 4 is 17.2 Å². The zero-order valence-corrected chi connectivity index (χ0v) is 22.4. The summed E-state index contributed by atoms with van der Waals surface area (Å²) in [6.07, 6.45) is 5.63. The number of alkyl halides is 3. The number of halogens is 3. The Kier molecular flexibility index (Phi) is 6.99. The van der Waals surface area contributed by atoms with E-state index in [0.717, 1.165) is 29.2 Å². The molecule has 9 nitrogen and oxygen atoms in total. The Hall–Kier alpha value is -4.40. The smallest absolute Gasteiger partial charge is 0.357 e. The van der Waals surface area contributed by atoms with Crippen molar-refractivity contribution in [2.45, 2.75) is 45.3 Å². The minimum atomic E-state index is -4.48. The number of hydrogen-bond donors (Lipinski definition) is 1. The number of pyridine rings is 2. The molecule has 1 fully saturated rings. The Balaban J connectivity index is 1.38. The predicted molar refractivity (Wildman–Crippen MR) is 143 cm³/mol. The lowest BCUT2D eigenvalue weighted by molar-refractivity contribution is -0.162. The average molecular weight is 551 g/mol. The highest BCUT2D eigenvalue weighted by atomic mass is 19.4. The summed E-state index contributed by atoms with van der Waals surface area (Å²) >= 11 is 0. The highest BCUT2D eigenvalue weighted by Crippen LogP contribution is 2.38. The Bertz CT molecular complexity index is 1570. The fraction of sp³-hybridized carbons (Fsp3) is 0.393. The Labute approximate surface area is 229 Å². The molecule has 0 radical (unpaired) electrons. The first-order valence-corrected chi connectivity index (χ1v) is 13.0. The first-order chi connectivity index (χ1) is 19.0. The molecule has 12 heteroatoms. The quantitative estimate of drug-likeness (QED) is 0.372. The van der Waals surface area contributed by atoms with E-state index >= 15 is 0 Å². The normalized spacial score (nSPS) is 16.1. The summed E-state index contributed by atoms with van der Waals surface area (Å²) in [4.78, 5) is 19.6. The number of aromatic nitrogens is 5. The number of amides is 1. The lowest BCUT2D eigenvalue weighted by atomic mass is 9.75. The van der Waals surface area contributed by atoms with Gasteiger partial charge < -0.3 is 10.2 Å². The summed E-state index contributed by atoms with van der Waals surface area (Å²) in [5.41, 5.74) is 3.68. The number of anilines is 1. The van der Waals surface area contributed by atoms with Gasteiger partial charge in [-0.1, -0.05) is 6.92 Å². The van der Waals surface area contributed by atoms with Crippen LogP contribution in [-0.4, -0.2) is 55.6 Å². The van der Waals surface area contributed by atoms with E-state index in [4.69, 9.17) is 0 Å².